The highest BCUT2D eigenvalue weighted by Crippen LogP contribution is 2.11. The van der Waals surface area contributed by atoms with Gasteiger partial charge in [0.1, 0.15) is 5.76 Å². The minimum atomic E-state index is 0.746. The topological polar surface area (TPSA) is 38.1 Å². The Labute approximate surface area is 92.2 Å². The molecule has 86 valence electrons. The highest BCUT2D eigenvalue weighted by atomic mass is 16.5. The normalized spacial score (nSPS) is 13.1. The number of aromatic nitrogens is 1. The van der Waals surface area contributed by atoms with Crippen LogP contribution >= 0.6 is 0 Å². The molecule has 1 atom stereocenters. The predicted octanol–water partition coefficient (Wildman–Crippen LogP) is 2.82. The van der Waals surface area contributed by atoms with Crippen molar-refractivity contribution in [3.8, 4) is 0 Å². The molecule has 0 aliphatic heterocycles. The number of hydrogen-bond donors (Lipinski definition) is 1. The summed E-state index contributed by atoms with van der Waals surface area (Å²) in [6.07, 6.45) is 2.54. The van der Waals surface area contributed by atoms with Crippen LogP contribution in [0.1, 0.15) is 43.7 Å². The van der Waals surface area contributed by atoms with Gasteiger partial charge in [-0.25, -0.2) is 0 Å². The van der Waals surface area contributed by atoms with E-state index in [9.17, 15) is 0 Å². The van der Waals surface area contributed by atoms with Crippen LogP contribution < -0.4 is 5.32 Å². The third kappa shape index (κ3) is 3.67. The highest BCUT2D eigenvalue weighted by molar-refractivity contribution is 5.20. The molecule has 0 saturated carbocycles. The fourth-order valence-corrected chi connectivity index (χ4v) is 1.79. The van der Waals surface area contributed by atoms with Gasteiger partial charge in [-0.15, -0.1) is 0 Å². The first-order valence-electron chi connectivity index (χ1n) is 5.77. The van der Waals surface area contributed by atoms with Gasteiger partial charge in [0.05, 0.1) is 5.69 Å². The van der Waals surface area contributed by atoms with E-state index < -0.39 is 0 Å². The molecule has 0 unspecified atom stereocenters. The molecule has 1 aromatic rings. The molecular weight excluding hydrogens is 188 g/mol. The minimum absolute atomic E-state index is 0.746. The smallest absolute Gasteiger partial charge is 0.138 e. The van der Waals surface area contributed by atoms with E-state index in [0.29, 0.717) is 0 Å². The Hall–Kier alpha value is -0.830. The van der Waals surface area contributed by atoms with Crippen LogP contribution in [0.4, 0.5) is 0 Å². The van der Waals surface area contributed by atoms with Crippen molar-refractivity contribution >= 4 is 0 Å². The summed E-state index contributed by atoms with van der Waals surface area (Å²) in [6.45, 7) is 10.4. The van der Waals surface area contributed by atoms with Crippen molar-refractivity contribution in [2.45, 2.75) is 47.1 Å². The minimum Gasteiger partial charge on any atom is -0.361 e. The van der Waals surface area contributed by atoms with E-state index in [4.69, 9.17) is 4.52 Å². The Balaban J connectivity index is 2.31. The number of rotatable bonds is 6. The zero-order valence-electron chi connectivity index (χ0n) is 10.3. The van der Waals surface area contributed by atoms with Gasteiger partial charge in [0.2, 0.25) is 0 Å². The lowest BCUT2D eigenvalue weighted by Gasteiger charge is -2.10. The third-order valence-corrected chi connectivity index (χ3v) is 2.76. The Morgan fingerprint density at radius 2 is 2.13 bits per heavy atom. The van der Waals surface area contributed by atoms with Crippen LogP contribution in [0.3, 0.4) is 0 Å². The van der Waals surface area contributed by atoms with Crippen LogP contribution in [0, 0.1) is 19.8 Å². The van der Waals surface area contributed by atoms with Crippen LogP contribution in [-0.2, 0) is 6.54 Å². The van der Waals surface area contributed by atoms with Gasteiger partial charge >= 0.3 is 0 Å². The molecule has 1 aromatic heterocycles. The van der Waals surface area contributed by atoms with Crippen LogP contribution in [0.2, 0.25) is 0 Å². The van der Waals surface area contributed by atoms with E-state index in [0.717, 1.165) is 30.5 Å². The molecule has 0 aliphatic rings. The zero-order valence-corrected chi connectivity index (χ0v) is 10.3. The van der Waals surface area contributed by atoms with Gasteiger partial charge in [-0.2, -0.15) is 0 Å². The molecule has 0 bridgehead atoms. The number of nitrogens with one attached hydrogen (secondary N) is 1. The zero-order chi connectivity index (χ0) is 11.3. The van der Waals surface area contributed by atoms with E-state index >= 15 is 0 Å². The largest absolute Gasteiger partial charge is 0.361 e. The molecule has 0 spiro atoms. The van der Waals surface area contributed by atoms with E-state index in [-0.39, 0.29) is 0 Å². The molecule has 0 fully saturated rings. The molecule has 0 aromatic carbocycles. The second kappa shape index (κ2) is 5.91. The molecule has 0 saturated heterocycles. The first-order chi connectivity index (χ1) is 7.15. The molecule has 15 heavy (non-hydrogen) atoms. The number of hydrogen-bond acceptors (Lipinski definition) is 3. The van der Waals surface area contributed by atoms with Gasteiger partial charge in [0.15, 0.2) is 0 Å². The second-order valence-corrected chi connectivity index (χ2v) is 4.33. The maximum absolute atomic E-state index is 5.11. The third-order valence-electron chi connectivity index (χ3n) is 2.76. The lowest BCUT2D eigenvalue weighted by Crippen LogP contribution is -2.21. The van der Waals surface area contributed by atoms with Crippen LogP contribution in [0.15, 0.2) is 4.52 Å². The first-order valence-corrected chi connectivity index (χ1v) is 5.77. The van der Waals surface area contributed by atoms with Crippen molar-refractivity contribution in [2.24, 2.45) is 5.92 Å². The summed E-state index contributed by atoms with van der Waals surface area (Å²) in [7, 11) is 0. The molecule has 0 aliphatic carbocycles. The summed E-state index contributed by atoms with van der Waals surface area (Å²) in [4.78, 5) is 0. The van der Waals surface area contributed by atoms with Crippen molar-refractivity contribution in [1.29, 1.82) is 0 Å². The van der Waals surface area contributed by atoms with Gasteiger partial charge in [-0.1, -0.05) is 25.4 Å². The van der Waals surface area contributed by atoms with Crippen molar-refractivity contribution in [1.82, 2.24) is 10.5 Å². The van der Waals surface area contributed by atoms with Gasteiger partial charge in [0, 0.05) is 12.1 Å². The van der Waals surface area contributed by atoms with E-state index in [2.05, 4.69) is 24.3 Å². The number of aryl methyl sites for hydroxylation is 2. The fourth-order valence-electron chi connectivity index (χ4n) is 1.79. The predicted molar refractivity (Wildman–Crippen MR) is 61.8 cm³/mol. The van der Waals surface area contributed by atoms with Gasteiger partial charge in [-0.3, -0.25) is 0 Å². The summed E-state index contributed by atoms with van der Waals surface area (Å²) < 4.78 is 5.11. The first kappa shape index (κ1) is 12.2. The maximum Gasteiger partial charge on any atom is 0.138 e. The summed E-state index contributed by atoms with van der Waals surface area (Å²) in [5.41, 5.74) is 2.21. The van der Waals surface area contributed by atoms with Gasteiger partial charge in [-0.05, 0) is 32.7 Å². The monoisotopic (exact) mass is 210 g/mol. The summed E-state index contributed by atoms with van der Waals surface area (Å²) >= 11 is 0. The quantitative estimate of drug-likeness (QED) is 0.784. The Morgan fingerprint density at radius 1 is 1.40 bits per heavy atom. The maximum atomic E-state index is 5.11. The highest BCUT2D eigenvalue weighted by Gasteiger charge is 2.08. The van der Waals surface area contributed by atoms with Gasteiger partial charge in [0.25, 0.3) is 0 Å². The summed E-state index contributed by atoms with van der Waals surface area (Å²) in [6, 6.07) is 0. The Kier molecular flexibility index (Phi) is 4.82. The van der Waals surface area contributed by atoms with Crippen molar-refractivity contribution in [2.75, 3.05) is 6.54 Å². The summed E-state index contributed by atoms with van der Waals surface area (Å²) in [5.74, 6) is 1.68. The Morgan fingerprint density at radius 3 is 2.67 bits per heavy atom. The van der Waals surface area contributed by atoms with Crippen LogP contribution in [-0.4, -0.2) is 11.7 Å². The molecule has 0 radical (unpaired) electrons. The van der Waals surface area contributed by atoms with E-state index in [1.807, 2.05) is 13.8 Å². The molecule has 1 heterocycles. The second-order valence-electron chi connectivity index (χ2n) is 4.33. The molecule has 1 N–H and O–H groups in total. The van der Waals surface area contributed by atoms with Crippen molar-refractivity contribution < 1.29 is 4.52 Å². The Bertz CT molecular complexity index is 274. The van der Waals surface area contributed by atoms with E-state index in [1.54, 1.807) is 0 Å². The average molecular weight is 210 g/mol. The molecule has 3 heteroatoms. The van der Waals surface area contributed by atoms with Crippen LogP contribution in [0.5, 0.6) is 0 Å². The lowest BCUT2D eigenvalue weighted by atomic mass is 10.1. The lowest BCUT2D eigenvalue weighted by molar-refractivity contribution is 0.391. The molecular formula is C12H22N2O. The molecule has 0 amide bonds. The number of nitrogens with zero attached hydrogens (tertiary/aromatic N) is 1. The van der Waals surface area contributed by atoms with Crippen molar-refractivity contribution in [3.05, 3.63) is 17.0 Å². The van der Waals surface area contributed by atoms with Crippen molar-refractivity contribution in [3.63, 3.8) is 0 Å². The molecule has 1 rings (SSSR count). The van der Waals surface area contributed by atoms with Crippen LogP contribution in [0.25, 0.3) is 0 Å². The summed E-state index contributed by atoms with van der Waals surface area (Å²) in [5, 5.41) is 7.39. The standard InChI is InChI=1S/C12H22N2O/c1-5-6-9(2)7-13-8-12-10(3)14-15-11(12)4/h9,13H,5-8H2,1-4H3/t9-/m1/s1. The van der Waals surface area contributed by atoms with Gasteiger partial charge < -0.3 is 9.84 Å². The fraction of sp³-hybridized carbons (Fsp3) is 0.750. The SMILES string of the molecule is CCC[C@@H](C)CNCc1c(C)noc1C. The van der Waals surface area contributed by atoms with E-state index in [1.165, 1.54) is 18.4 Å². The average Bonchev–Trinajstić information content (AvgIpc) is 2.49. The molecule has 3 nitrogen and oxygen atoms in total.